The highest BCUT2D eigenvalue weighted by Crippen LogP contribution is 2.34. The van der Waals surface area contributed by atoms with Crippen molar-refractivity contribution in [3.8, 4) is 0 Å². The molecule has 9 heteroatoms. The normalized spacial score (nSPS) is 13.8. The Morgan fingerprint density at radius 2 is 2.33 bits per heavy atom. The predicted octanol–water partition coefficient (Wildman–Crippen LogP) is 1.84. The zero-order valence-corrected chi connectivity index (χ0v) is 13.5. The van der Waals surface area contributed by atoms with Gasteiger partial charge in [-0.2, -0.15) is 0 Å². The molecule has 2 N–H and O–H groups in total. The van der Waals surface area contributed by atoms with Crippen LogP contribution in [0, 0.1) is 0 Å². The monoisotopic (exact) mass is 377 g/mol. The van der Waals surface area contributed by atoms with Crippen molar-refractivity contribution in [2.45, 2.75) is 16.7 Å². The molecule has 0 aliphatic heterocycles. The van der Waals surface area contributed by atoms with Crippen LogP contribution in [0.15, 0.2) is 14.1 Å². The number of thiophene rings is 1. The minimum atomic E-state index is -3.57. The summed E-state index contributed by atoms with van der Waals surface area (Å²) in [5, 5.41) is 9.74. The average Bonchev–Trinajstić information content (AvgIpc) is 2.60. The molecule has 18 heavy (non-hydrogen) atoms. The second-order valence-electron chi connectivity index (χ2n) is 3.48. The van der Waals surface area contributed by atoms with Gasteiger partial charge in [0, 0.05) is 13.7 Å². The van der Waals surface area contributed by atoms with E-state index in [4.69, 9.17) is 16.3 Å². The fourth-order valence-electron chi connectivity index (χ4n) is 1.17. The lowest BCUT2D eigenvalue weighted by molar-refractivity contribution is 0.0603. The molecule has 1 heterocycles. The molecule has 0 radical (unpaired) electrons. The number of ether oxygens (including phenoxy) is 1. The van der Waals surface area contributed by atoms with Crippen LogP contribution in [0.1, 0.15) is 6.42 Å². The van der Waals surface area contributed by atoms with E-state index in [0.717, 1.165) is 11.3 Å². The van der Waals surface area contributed by atoms with Gasteiger partial charge in [0.1, 0.15) is 4.21 Å². The summed E-state index contributed by atoms with van der Waals surface area (Å²) in [5.41, 5.74) is 0. The van der Waals surface area contributed by atoms with E-state index in [-0.39, 0.29) is 23.8 Å². The zero-order chi connectivity index (χ0) is 13.8. The Morgan fingerprint density at radius 1 is 1.67 bits per heavy atom. The van der Waals surface area contributed by atoms with Crippen LogP contribution in [0.5, 0.6) is 0 Å². The summed E-state index contributed by atoms with van der Waals surface area (Å²) in [6, 6.07) is 1.38. The van der Waals surface area contributed by atoms with Gasteiger partial charge < -0.3 is 9.84 Å². The van der Waals surface area contributed by atoms with E-state index in [1.165, 1.54) is 13.2 Å². The number of nitrogens with one attached hydrogen (secondary N) is 1. The van der Waals surface area contributed by atoms with Crippen molar-refractivity contribution in [1.82, 2.24) is 4.72 Å². The van der Waals surface area contributed by atoms with Crippen LogP contribution in [0.25, 0.3) is 0 Å². The van der Waals surface area contributed by atoms with Gasteiger partial charge in [-0.1, -0.05) is 11.6 Å². The van der Waals surface area contributed by atoms with Crippen molar-refractivity contribution in [2.24, 2.45) is 0 Å². The molecule has 0 amide bonds. The third kappa shape index (κ3) is 4.76. The second-order valence-corrected chi connectivity index (χ2v) is 8.25. The number of methoxy groups -OCH3 is 1. The summed E-state index contributed by atoms with van der Waals surface area (Å²) >= 11 is 9.97. The number of sulfonamides is 1. The standard InChI is InChI=1S/C9H13BrClNO4S2/c1-16-5-6(13)2-3-12-18(14,15)8-4-7(11)9(10)17-8/h4,6,12-13H,2-3,5H2,1H3. The molecule has 0 saturated heterocycles. The maximum Gasteiger partial charge on any atom is 0.250 e. The van der Waals surface area contributed by atoms with Crippen molar-refractivity contribution in [1.29, 1.82) is 0 Å². The van der Waals surface area contributed by atoms with Gasteiger partial charge >= 0.3 is 0 Å². The summed E-state index contributed by atoms with van der Waals surface area (Å²) in [7, 11) is -2.10. The van der Waals surface area contributed by atoms with E-state index in [2.05, 4.69) is 20.7 Å². The van der Waals surface area contributed by atoms with Crippen molar-refractivity contribution in [3.05, 3.63) is 14.9 Å². The third-order valence-corrected chi connectivity index (χ3v) is 6.43. The molecular formula is C9H13BrClNO4S2. The minimum absolute atomic E-state index is 0.139. The Bertz CT molecular complexity index is 471. The van der Waals surface area contributed by atoms with E-state index in [9.17, 15) is 13.5 Å². The Hall–Kier alpha value is 0.300. The second kappa shape index (κ2) is 7.18. The van der Waals surface area contributed by atoms with Crippen LogP contribution in [0.4, 0.5) is 0 Å². The first-order valence-electron chi connectivity index (χ1n) is 4.98. The van der Waals surface area contributed by atoms with Crippen molar-refractivity contribution in [2.75, 3.05) is 20.3 Å². The largest absolute Gasteiger partial charge is 0.391 e. The van der Waals surface area contributed by atoms with Crippen molar-refractivity contribution in [3.63, 3.8) is 0 Å². The fraction of sp³-hybridized carbons (Fsp3) is 0.556. The van der Waals surface area contributed by atoms with Crippen LogP contribution >= 0.6 is 38.9 Å². The summed E-state index contributed by atoms with van der Waals surface area (Å²) in [5.74, 6) is 0. The van der Waals surface area contributed by atoms with E-state index in [0.29, 0.717) is 8.81 Å². The van der Waals surface area contributed by atoms with Crippen LogP contribution in [-0.4, -0.2) is 39.9 Å². The van der Waals surface area contributed by atoms with Crippen molar-refractivity contribution >= 4 is 48.9 Å². The van der Waals surface area contributed by atoms with Crippen LogP contribution in [0.3, 0.4) is 0 Å². The maximum atomic E-state index is 11.8. The minimum Gasteiger partial charge on any atom is -0.391 e. The Morgan fingerprint density at radius 3 is 2.83 bits per heavy atom. The summed E-state index contributed by atoms with van der Waals surface area (Å²) in [6.07, 6.45) is -0.399. The topological polar surface area (TPSA) is 75.6 Å². The average molecular weight is 379 g/mol. The van der Waals surface area contributed by atoms with Crippen molar-refractivity contribution < 1.29 is 18.3 Å². The predicted molar refractivity (Wildman–Crippen MR) is 74.7 cm³/mol. The number of aliphatic hydroxyl groups is 1. The lowest BCUT2D eigenvalue weighted by Crippen LogP contribution is -2.28. The van der Waals surface area contributed by atoms with Crippen LogP contribution < -0.4 is 4.72 Å². The summed E-state index contributed by atoms with van der Waals surface area (Å²) in [4.78, 5) is 0. The van der Waals surface area contributed by atoms with Crippen LogP contribution in [-0.2, 0) is 14.8 Å². The maximum absolute atomic E-state index is 11.8. The number of halogens is 2. The molecular weight excluding hydrogens is 366 g/mol. The lowest BCUT2D eigenvalue weighted by Gasteiger charge is -2.09. The van der Waals surface area contributed by atoms with Gasteiger partial charge in [-0.25, -0.2) is 13.1 Å². The number of aliphatic hydroxyl groups excluding tert-OH is 1. The Labute approximate surface area is 123 Å². The number of hydrogen-bond acceptors (Lipinski definition) is 5. The van der Waals surface area contributed by atoms with Gasteiger partial charge in [0.05, 0.1) is 21.5 Å². The highest BCUT2D eigenvalue weighted by Gasteiger charge is 2.18. The van der Waals surface area contributed by atoms with Gasteiger partial charge in [0.15, 0.2) is 0 Å². The molecule has 0 aliphatic rings. The molecule has 0 spiro atoms. The summed E-state index contributed by atoms with van der Waals surface area (Å²) in [6.45, 7) is 0.318. The first kappa shape index (κ1) is 16.4. The number of rotatable bonds is 7. The molecule has 0 fully saturated rings. The first-order valence-corrected chi connectivity index (χ1v) is 8.45. The molecule has 0 aliphatic carbocycles. The molecule has 0 bridgehead atoms. The molecule has 1 rings (SSSR count). The fourth-order valence-corrected chi connectivity index (χ4v) is 4.66. The molecule has 0 saturated carbocycles. The highest BCUT2D eigenvalue weighted by molar-refractivity contribution is 9.11. The molecule has 1 unspecified atom stereocenters. The number of hydrogen-bond donors (Lipinski definition) is 2. The summed E-state index contributed by atoms with van der Waals surface area (Å²) < 4.78 is 31.5. The molecule has 0 aromatic carbocycles. The van der Waals surface area contributed by atoms with E-state index in [1.54, 1.807) is 0 Å². The van der Waals surface area contributed by atoms with E-state index < -0.39 is 16.1 Å². The van der Waals surface area contributed by atoms with Gasteiger partial charge in [0.2, 0.25) is 10.0 Å². The van der Waals surface area contributed by atoms with Gasteiger partial charge in [-0.3, -0.25) is 0 Å². The van der Waals surface area contributed by atoms with Crippen LogP contribution in [0.2, 0.25) is 5.02 Å². The lowest BCUT2D eigenvalue weighted by atomic mass is 10.3. The SMILES string of the molecule is COCC(O)CCNS(=O)(=O)c1cc(Cl)c(Br)s1. The molecule has 104 valence electrons. The molecule has 1 atom stereocenters. The molecule has 1 aromatic rings. The third-order valence-electron chi connectivity index (χ3n) is 2.02. The smallest absolute Gasteiger partial charge is 0.250 e. The highest BCUT2D eigenvalue weighted by atomic mass is 79.9. The quantitative estimate of drug-likeness (QED) is 0.759. The zero-order valence-electron chi connectivity index (χ0n) is 9.52. The van der Waals surface area contributed by atoms with Gasteiger partial charge in [0.25, 0.3) is 0 Å². The van der Waals surface area contributed by atoms with Gasteiger partial charge in [-0.05, 0) is 28.4 Å². The Balaban J connectivity index is 2.55. The van der Waals surface area contributed by atoms with Gasteiger partial charge in [-0.15, -0.1) is 11.3 Å². The molecule has 1 aromatic heterocycles. The first-order chi connectivity index (χ1) is 8.36. The van der Waals surface area contributed by atoms with E-state index in [1.807, 2.05) is 0 Å². The van der Waals surface area contributed by atoms with E-state index >= 15 is 0 Å². The Kier molecular flexibility index (Phi) is 6.52. The molecule has 5 nitrogen and oxygen atoms in total.